The maximum absolute atomic E-state index is 12.8. The Balaban J connectivity index is 1.39. The zero-order valence-electron chi connectivity index (χ0n) is 16.4. The summed E-state index contributed by atoms with van der Waals surface area (Å²) >= 11 is 1.38. The number of carbonyl (C=O) groups excluding carboxylic acids is 2. The van der Waals surface area contributed by atoms with Crippen molar-refractivity contribution in [3.8, 4) is 11.5 Å². The zero-order valence-corrected chi connectivity index (χ0v) is 17.2. The number of H-pyrrole nitrogens is 1. The van der Waals surface area contributed by atoms with E-state index in [1.165, 1.54) is 11.3 Å². The molecule has 1 aliphatic rings. The van der Waals surface area contributed by atoms with Crippen LogP contribution in [0.15, 0.2) is 36.0 Å². The second-order valence-electron chi connectivity index (χ2n) is 7.57. The number of hydrogen-bond donors (Lipinski definition) is 3. The Hall–Kier alpha value is -3.14. The van der Waals surface area contributed by atoms with E-state index in [9.17, 15) is 9.59 Å². The molecule has 0 aliphatic heterocycles. The minimum absolute atomic E-state index is 0.102. The van der Waals surface area contributed by atoms with Crippen LogP contribution in [0.25, 0.3) is 11.5 Å². The van der Waals surface area contributed by atoms with Crippen LogP contribution < -0.4 is 10.6 Å². The Kier molecular flexibility index (Phi) is 6.12. The summed E-state index contributed by atoms with van der Waals surface area (Å²) in [5.74, 6) is 0.403. The van der Waals surface area contributed by atoms with Gasteiger partial charge in [-0.2, -0.15) is 4.98 Å². The third kappa shape index (κ3) is 5.07. The van der Waals surface area contributed by atoms with Gasteiger partial charge < -0.3 is 5.32 Å². The van der Waals surface area contributed by atoms with Gasteiger partial charge in [0.25, 0.3) is 0 Å². The molecular weight excluding hydrogens is 402 g/mol. The van der Waals surface area contributed by atoms with Gasteiger partial charge in [0.2, 0.25) is 17.8 Å². The quantitative estimate of drug-likeness (QED) is 0.531. The van der Waals surface area contributed by atoms with Crippen LogP contribution in [0, 0.1) is 5.41 Å². The maximum atomic E-state index is 12.8. The Morgan fingerprint density at radius 2 is 1.83 bits per heavy atom. The predicted octanol–water partition coefficient (Wildman–Crippen LogP) is 3.63. The molecule has 4 rings (SSSR count). The summed E-state index contributed by atoms with van der Waals surface area (Å²) < 4.78 is 0. The van der Waals surface area contributed by atoms with Crippen LogP contribution in [0.3, 0.4) is 0 Å². The van der Waals surface area contributed by atoms with Crippen LogP contribution >= 0.6 is 11.3 Å². The number of hydrogen-bond acceptors (Lipinski definition) is 7. The van der Waals surface area contributed by atoms with Crippen LogP contribution in [-0.4, -0.2) is 37.0 Å². The summed E-state index contributed by atoms with van der Waals surface area (Å²) in [5, 5.41) is 14.9. The molecule has 0 aromatic carbocycles. The molecule has 0 saturated heterocycles. The molecule has 3 N–H and O–H groups in total. The van der Waals surface area contributed by atoms with Gasteiger partial charge in [-0.15, -0.1) is 16.4 Å². The lowest BCUT2D eigenvalue weighted by Crippen LogP contribution is -2.34. The lowest BCUT2D eigenvalue weighted by atomic mass is 9.69. The van der Waals surface area contributed by atoms with Gasteiger partial charge in [-0.05, 0) is 30.4 Å². The van der Waals surface area contributed by atoms with Crippen LogP contribution in [0.1, 0.15) is 44.9 Å². The van der Waals surface area contributed by atoms with E-state index in [1.54, 1.807) is 12.4 Å². The number of pyridine rings is 1. The zero-order chi connectivity index (χ0) is 20.8. The van der Waals surface area contributed by atoms with E-state index in [1.807, 2.05) is 23.6 Å². The number of nitrogens with one attached hydrogen (secondary N) is 3. The van der Waals surface area contributed by atoms with Gasteiger partial charge in [-0.1, -0.05) is 25.3 Å². The van der Waals surface area contributed by atoms with Gasteiger partial charge in [0.05, 0.1) is 0 Å². The number of nitrogens with zero attached hydrogens (tertiary/aromatic N) is 4. The molecule has 1 fully saturated rings. The van der Waals surface area contributed by atoms with E-state index in [0.29, 0.717) is 23.1 Å². The van der Waals surface area contributed by atoms with Gasteiger partial charge in [0, 0.05) is 30.6 Å². The van der Waals surface area contributed by atoms with Crippen molar-refractivity contribution in [1.29, 1.82) is 0 Å². The molecule has 3 aromatic rings. The average Bonchev–Trinajstić information content (AvgIpc) is 3.41. The largest absolute Gasteiger partial charge is 0.302 e. The molecular formula is C20H23N7O2S. The molecule has 0 bridgehead atoms. The van der Waals surface area contributed by atoms with E-state index in [0.717, 1.165) is 32.1 Å². The lowest BCUT2D eigenvalue weighted by molar-refractivity contribution is -0.122. The summed E-state index contributed by atoms with van der Waals surface area (Å²) in [4.78, 5) is 38.0. The molecule has 1 saturated carbocycles. The Morgan fingerprint density at radius 3 is 2.53 bits per heavy atom. The molecule has 9 nitrogen and oxygen atoms in total. The molecule has 0 atom stereocenters. The van der Waals surface area contributed by atoms with Crippen molar-refractivity contribution < 1.29 is 9.59 Å². The summed E-state index contributed by atoms with van der Waals surface area (Å²) in [6.07, 6.45) is 8.73. The minimum atomic E-state index is -0.357. The second kappa shape index (κ2) is 9.12. The number of rotatable bonds is 7. The van der Waals surface area contributed by atoms with Crippen molar-refractivity contribution in [2.45, 2.75) is 44.9 Å². The fourth-order valence-electron chi connectivity index (χ4n) is 3.95. The first kappa shape index (κ1) is 20.1. The van der Waals surface area contributed by atoms with Gasteiger partial charge >= 0.3 is 0 Å². The summed E-state index contributed by atoms with van der Waals surface area (Å²) in [6.45, 7) is 0. The Labute approximate surface area is 177 Å². The number of thiazole rings is 1. The van der Waals surface area contributed by atoms with E-state index in [-0.39, 0.29) is 29.6 Å². The maximum Gasteiger partial charge on any atom is 0.249 e. The van der Waals surface area contributed by atoms with E-state index >= 15 is 0 Å². The summed E-state index contributed by atoms with van der Waals surface area (Å²) in [7, 11) is 0. The van der Waals surface area contributed by atoms with Crippen LogP contribution in [0.2, 0.25) is 0 Å². The number of amides is 2. The Morgan fingerprint density at radius 1 is 1.03 bits per heavy atom. The highest BCUT2D eigenvalue weighted by molar-refractivity contribution is 7.13. The third-order valence-electron chi connectivity index (χ3n) is 5.31. The highest BCUT2D eigenvalue weighted by Gasteiger charge is 2.36. The summed E-state index contributed by atoms with van der Waals surface area (Å²) in [5.41, 5.74) is 0.289. The monoisotopic (exact) mass is 425 g/mol. The minimum Gasteiger partial charge on any atom is -0.302 e. The third-order valence-corrected chi connectivity index (χ3v) is 6.00. The lowest BCUT2D eigenvalue weighted by Gasteiger charge is -2.36. The molecule has 10 heteroatoms. The van der Waals surface area contributed by atoms with Crippen molar-refractivity contribution in [2.24, 2.45) is 5.41 Å². The Bertz CT molecular complexity index is 982. The molecule has 156 valence electrons. The molecule has 0 spiro atoms. The molecule has 1 aliphatic carbocycles. The van der Waals surface area contributed by atoms with Crippen molar-refractivity contribution in [3.63, 3.8) is 0 Å². The topological polar surface area (TPSA) is 126 Å². The van der Waals surface area contributed by atoms with Gasteiger partial charge in [0.1, 0.15) is 5.69 Å². The fraction of sp³-hybridized carbons (Fsp3) is 0.400. The number of aromatic amines is 1. The molecule has 3 heterocycles. The SMILES string of the molecule is O=C(CC1(CC(=O)Nc2nccs2)CCCCC1)Nc1n[nH]c(-c2ccccn2)n1. The van der Waals surface area contributed by atoms with E-state index in [2.05, 4.69) is 35.8 Å². The predicted molar refractivity (Wildman–Crippen MR) is 114 cm³/mol. The fourth-order valence-corrected chi connectivity index (χ4v) is 4.50. The highest BCUT2D eigenvalue weighted by Crippen LogP contribution is 2.42. The number of anilines is 2. The molecule has 2 amide bonds. The normalized spacial score (nSPS) is 15.5. The standard InChI is InChI=1S/C20H23N7O2S/c28-15(23-18-25-17(26-27-18)14-6-2-5-9-21-14)12-20(7-3-1-4-8-20)13-16(29)24-19-22-10-11-30-19/h2,5-6,9-11H,1,3-4,7-8,12-13H2,(H,22,24,29)(H2,23,25,26,27,28). The summed E-state index contributed by atoms with van der Waals surface area (Å²) in [6, 6.07) is 5.48. The highest BCUT2D eigenvalue weighted by atomic mass is 32.1. The molecule has 0 radical (unpaired) electrons. The first-order valence-electron chi connectivity index (χ1n) is 9.95. The smallest absolute Gasteiger partial charge is 0.249 e. The molecule has 30 heavy (non-hydrogen) atoms. The van der Waals surface area contributed by atoms with E-state index in [4.69, 9.17) is 0 Å². The van der Waals surface area contributed by atoms with Crippen LogP contribution in [0.5, 0.6) is 0 Å². The van der Waals surface area contributed by atoms with E-state index < -0.39 is 0 Å². The van der Waals surface area contributed by atoms with Gasteiger partial charge in [-0.3, -0.25) is 25.0 Å². The van der Waals surface area contributed by atoms with Gasteiger partial charge in [0.15, 0.2) is 11.0 Å². The van der Waals surface area contributed by atoms with Crippen molar-refractivity contribution in [1.82, 2.24) is 25.1 Å². The van der Waals surface area contributed by atoms with Crippen LogP contribution in [-0.2, 0) is 9.59 Å². The average molecular weight is 426 g/mol. The van der Waals surface area contributed by atoms with Crippen LogP contribution in [0.4, 0.5) is 11.1 Å². The van der Waals surface area contributed by atoms with Gasteiger partial charge in [-0.25, -0.2) is 4.98 Å². The van der Waals surface area contributed by atoms with Crippen molar-refractivity contribution >= 4 is 34.2 Å². The number of aromatic nitrogens is 5. The van der Waals surface area contributed by atoms with Crippen molar-refractivity contribution in [2.75, 3.05) is 10.6 Å². The second-order valence-corrected chi connectivity index (χ2v) is 8.46. The molecule has 3 aromatic heterocycles. The first-order valence-corrected chi connectivity index (χ1v) is 10.8. The molecule has 0 unspecified atom stereocenters. The van der Waals surface area contributed by atoms with Crippen molar-refractivity contribution in [3.05, 3.63) is 36.0 Å². The first-order chi connectivity index (χ1) is 14.6. The number of carbonyl (C=O) groups is 2.